The van der Waals surface area contributed by atoms with E-state index in [1.54, 1.807) is 30.3 Å². The second-order valence-corrected chi connectivity index (χ2v) is 5.57. The first-order chi connectivity index (χ1) is 12.0. The Bertz CT molecular complexity index is 738. The molecule has 0 aliphatic heterocycles. The Balaban J connectivity index is 2.05. The second-order valence-electron chi connectivity index (χ2n) is 5.16. The second kappa shape index (κ2) is 8.48. The van der Waals surface area contributed by atoms with Gasteiger partial charge in [0.05, 0.1) is 21.3 Å². The maximum absolute atomic E-state index is 12.1. The average molecular weight is 366 g/mol. The Hall–Kier alpha value is -2.60. The number of carbonyl (C=O) groups excluding carboxylic acids is 1. The number of anilines is 1. The topological polar surface area (TPSA) is 66.0 Å². The molecule has 2 aromatic rings. The smallest absolute Gasteiger partial charge is 0.262 e. The normalized spacial score (nSPS) is 10.1. The molecule has 0 heterocycles. The van der Waals surface area contributed by atoms with Crippen molar-refractivity contribution in [1.29, 1.82) is 0 Å². The molecule has 25 heavy (non-hydrogen) atoms. The van der Waals surface area contributed by atoms with Gasteiger partial charge in [0.1, 0.15) is 5.75 Å². The van der Waals surface area contributed by atoms with Crippen molar-refractivity contribution in [2.45, 2.75) is 6.92 Å². The van der Waals surface area contributed by atoms with E-state index in [9.17, 15) is 4.79 Å². The van der Waals surface area contributed by atoms with Crippen molar-refractivity contribution < 1.29 is 23.7 Å². The molecule has 0 unspecified atom stereocenters. The first-order valence-corrected chi connectivity index (χ1v) is 7.85. The molecule has 134 valence electrons. The minimum absolute atomic E-state index is 0.141. The number of ether oxygens (including phenoxy) is 4. The number of methoxy groups -OCH3 is 3. The molecule has 0 saturated heterocycles. The molecule has 6 nitrogen and oxygen atoms in total. The Morgan fingerprint density at radius 3 is 2.20 bits per heavy atom. The van der Waals surface area contributed by atoms with Crippen molar-refractivity contribution in [3.05, 3.63) is 40.9 Å². The maximum atomic E-state index is 12.1. The molecule has 0 aliphatic carbocycles. The summed E-state index contributed by atoms with van der Waals surface area (Å²) in [4.78, 5) is 12.1. The number of rotatable bonds is 7. The largest absolute Gasteiger partial charge is 0.493 e. The van der Waals surface area contributed by atoms with E-state index in [-0.39, 0.29) is 12.5 Å². The maximum Gasteiger partial charge on any atom is 0.262 e. The third kappa shape index (κ3) is 4.70. The van der Waals surface area contributed by atoms with E-state index in [0.29, 0.717) is 33.7 Å². The van der Waals surface area contributed by atoms with E-state index >= 15 is 0 Å². The lowest BCUT2D eigenvalue weighted by Crippen LogP contribution is -2.20. The Labute approximate surface area is 151 Å². The minimum atomic E-state index is -0.318. The number of amides is 1. The third-order valence-electron chi connectivity index (χ3n) is 3.45. The van der Waals surface area contributed by atoms with Crippen LogP contribution in [-0.4, -0.2) is 33.8 Å². The zero-order valence-electron chi connectivity index (χ0n) is 14.5. The summed E-state index contributed by atoms with van der Waals surface area (Å²) in [5, 5.41) is 3.38. The van der Waals surface area contributed by atoms with E-state index in [1.807, 2.05) is 6.92 Å². The van der Waals surface area contributed by atoms with Crippen LogP contribution in [0.15, 0.2) is 30.3 Å². The highest BCUT2D eigenvalue weighted by atomic mass is 35.5. The van der Waals surface area contributed by atoms with Gasteiger partial charge in [-0.3, -0.25) is 4.79 Å². The lowest BCUT2D eigenvalue weighted by molar-refractivity contribution is -0.118. The van der Waals surface area contributed by atoms with Crippen molar-refractivity contribution in [3.8, 4) is 23.0 Å². The van der Waals surface area contributed by atoms with Crippen molar-refractivity contribution in [2.24, 2.45) is 0 Å². The fourth-order valence-corrected chi connectivity index (χ4v) is 2.32. The van der Waals surface area contributed by atoms with Crippen LogP contribution in [0.4, 0.5) is 5.69 Å². The van der Waals surface area contributed by atoms with Crippen molar-refractivity contribution in [3.63, 3.8) is 0 Å². The Kier molecular flexibility index (Phi) is 6.36. The number of hydrogen-bond acceptors (Lipinski definition) is 5. The predicted molar refractivity (Wildman–Crippen MR) is 96.4 cm³/mol. The molecule has 0 atom stereocenters. The van der Waals surface area contributed by atoms with Crippen LogP contribution in [0.5, 0.6) is 23.0 Å². The zero-order chi connectivity index (χ0) is 18.4. The number of benzene rings is 2. The molecule has 1 N–H and O–H groups in total. The van der Waals surface area contributed by atoms with Gasteiger partial charge in [-0.25, -0.2) is 0 Å². The molecular formula is C18H20ClNO5. The summed E-state index contributed by atoms with van der Waals surface area (Å²) < 4.78 is 21.2. The molecule has 0 saturated carbocycles. The summed E-state index contributed by atoms with van der Waals surface area (Å²) in [6.07, 6.45) is 0. The van der Waals surface area contributed by atoms with E-state index in [1.165, 1.54) is 21.3 Å². The summed E-state index contributed by atoms with van der Waals surface area (Å²) in [7, 11) is 4.53. The Morgan fingerprint density at radius 1 is 1.04 bits per heavy atom. The summed E-state index contributed by atoms with van der Waals surface area (Å²) in [6, 6.07) is 8.50. The number of aryl methyl sites for hydroxylation is 1. The van der Waals surface area contributed by atoms with Gasteiger partial charge in [-0.05, 0) is 30.7 Å². The summed E-state index contributed by atoms with van der Waals surface area (Å²) in [6.45, 7) is 1.73. The standard InChI is InChI=1S/C18H20ClNO5/c1-11-7-13(5-6-14(11)19)25-10-17(21)20-12-8-15(22-2)18(24-4)16(9-12)23-3/h5-9H,10H2,1-4H3,(H,20,21). The van der Waals surface area contributed by atoms with Gasteiger partial charge >= 0.3 is 0 Å². The molecule has 1 amide bonds. The van der Waals surface area contributed by atoms with Crippen LogP contribution >= 0.6 is 11.6 Å². The summed E-state index contributed by atoms with van der Waals surface area (Å²) in [5.41, 5.74) is 1.39. The summed E-state index contributed by atoms with van der Waals surface area (Å²) >= 11 is 5.96. The van der Waals surface area contributed by atoms with Crippen molar-refractivity contribution >= 4 is 23.2 Å². The number of halogens is 1. The van der Waals surface area contributed by atoms with Gasteiger partial charge in [0.25, 0.3) is 5.91 Å². The molecule has 2 rings (SSSR count). The lowest BCUT2D eigenvalue weighted by Gasteiger charge is -2.15. The SMILES string of the molecule is COc1cc(NC(=O)COc2ccc(Cl)c(C)c2)cc(OC)c1OC. The highest BCUT2D eigenvalue weighted by molar-refractivity contribution is 6.31. The van der Waals surface area contributed by atoms with Gasteiger partial charge in [0, 0.05) is 22.8 Å². The highest BCUT2D eigenvalue weighted by Gasteiger charge is 2.14. The van der Waals surface area contributed by atoms with E-state index in [2.05, 4.69) is 5.32 Å². The van der Waals surface area contributed by atoms with E-state index in [0.717, 1.165) is 5.56 Å². The van der Waals surface area contributed by atoms with Gasteiger partial charge in [-0.15, -0.1) is 0 Å². The molecule has 0 bridgehead atoms. The van der Waals surface area contributed by atoms with Crippen LogP contribution in [-0.2, 0) is 4.79 Å². The summed E-state index contributed by atoms with van der Waals surface area (Å²) in [5.74, 6) is 1.61. The molecule has 0 aromatic heterocycles. The number of hydrogen-bond donors (Lipinski definition) is 1. The molecule has 0 aliphatic rings. The van der Waals surface area contributed by atoms with Gasteiger partial charge in [-0.2, -0.15) is 0 Å². The predicted octanol–water partition coefficient (Wildman–Crippen LogP) is 3.69. The van der Waals surface area contributed by atoms with Crippen LogP contribution in [0.3, 0.4) is 0 Å². The van der Waals surface area contributed by atoms with Crippen molar-refractivity contribution in [1.82, 2.24) is 0 Å². The molecule has 2 aromatic carbocycles. The van der Waals surface area contributed by atoms with E-state index in [4.69, 9.17) is 30.5 Å². The van der Waals surface area contributed by atoms with Gasteiger partial charge in [-0.1, -0.05) is 11.6 Å². The third-order valence-corrected chi connectivity index (χ3v) is 3.87. The number of carbonyl (C=O) groups is 1. The monoisotopic (exact) mass is 365 g/mol. The fourth-order valence-electron chi connectivity index (χ4n) is 2.21. The fraction of sp³-hybridized carbons (Fsp3) is 0.278. The van der Waals surface area contributed by atoms with Crippen molar-refractivity contribution in [2.75, 3.05) is 33.3 Å². The molecule has 0 radical (unpaired) electrons. The van der Waals surface area contributed by atoms with Crippen LogP contribution in [0.25, 0.3) is 0 Å². The molecule has 0 fully saturated rings. The van der Waals surface area contributed by atoms with E-state index < -0.39 is 0 Å². The quantitative estimate of drug-likeness (QED) is 0.810. The number of nitrogens with one attached hydrogen (secondary N) is 1. The molecular weight excluding hydrogens is 346 g/mol. The molecule has 0 spiro atoms. The van der Waals surface area contributed by atoms with Crippen LogP contribution < -0.4 is 24.3 Å². The van der Waals surface area contributed by atoms with Gasteiger partial charge in [0.15, 0.2) is 18.1 Å². The lowest BCUT2D eigenvalue weighted by atomic mass is 10.2. The van der Waals surface area contributed by atoms with Crippen LogP contribution in [0.1, 0.15) is 5.56 Å². The van der Waals surface area contributed by atoms with Gasteiger partial charge in [0.2, 0.25) is 5.75 Å². The molecule has 7 heteroatoms. The average Bonchev–Trinajstić information content (AvgIpc) is 2.61. The minimum Gasteiger partial charge on any atom is -0.493 e. The Morgan fingerprint density at radius 2 is 1.68 bits per heavy atom. The van der Waals surface area contributed by atoms with Gasteiger partial charge < -0.3 is 24.3 Å². The van der Waals surface area contributed by atoms with Crippen LogP contribution in [0.2, 0.25) is 5.02 Å². The highest BCUT2D eigenvalue weighted by Crippen LogP contribution is 2.39. The first-order valence-electron chi connectivity index (χ1n) is 7.47. The first kappa shape index (κ1) is 18.7. The zero-order valence-corrected chi connectivity index (χ0v) is 15.3. The van der Waals surface area contributed by atoms with Crippen LogP contribution in [0, 0.1) is 6.92 Å².